The van der Waals surface area contributed by atoms with Crippen molar-refractivity contribution in [3.8, 4) is 0 Å². The second-order valence-electron chi connectivity index (χ2n) is 7.41. The molecule has 0 spiro atoms. The first-order chi connectivity index (χ1) is 12.8. The van der Waals surface area contributed by atoms with Gasteiger partial charge in [-0.25, -0.2) is 0 Å². The van der Waals surface area contributed by atoms with Crippen LogP contribution >= 0.6 is 34.7 Å². The first-order valence-corrected chi connectivity index (χ1v) is 11.5. The monoisotopic (exact) mass is 432 g/mol. The lowest BCUT2D eigenvalue weighted by Crippen LogP contribution is -2.16. The van der Waals surface area contributed by atoms with Crippen LogP contribution in [0.3, 0.4) is 0 Å². The second-order valence-corrected chi connectivity index (χ2v) is 10.7. The predicted octanol–water partition coefficient (Wildman–Crippen LogP) is 7.73. The van der Waals surface area contributed by atoms with Gasteiger partial charge in [-0.05, 0) is 54.5 Å². The molecule has 1 saturated heterocycles. The Hall–Kier alpha value is -0.650. The Bertz CT molecular complexity index is 742. The Morgan fingerprint density at radius 1 is 1.11 bits per heavy atom. The maximum Gasteiger partial charge on any atom is 0.416 e. The van der Waals surface area contributed by atoms with E-state index >= 15 is 0 Å². The molecule has 1 aliphatic heterocycles. The highest BCUT2D eigenvalue weighted by atomic mass is 35.5. The summed E-state index contributed by atoms with van der Waals surface area (Å²) in [5.41, 5.74) is 1.71. The van der Waals surface area contributed by atoms with E-state index in [9.17, 15) is 13.2 Å². The molecule has 2 aromatic rings. The molecule has 0 radical (unpaired) electrons. The van der Waals surface area contributed by atoms with E-state index in [-0.39, 0.29) is 0 Å². The lowest BCUT2D eigenvalue weighted by Gasteiger charge is -2.31. The highest BCUT2D eigenvalue weighted by Crippen LogP contribution is 2.47. The summed E-state index contributed by atoms with van der Waals surface area (Å²) in [7, 11) is 0. The van der Waals surface area contributed by atoms with Gasteiger partial charge in [0.1, 0.15) is 0 Å². The molecule has 0 nitrogen and oxygen atoms in total. The summed E-state index contributed by atoms with van der Waals surface area (Å²) in [6, 6.07) is 7.78. The number of thiophene rings is 1. The van der Waals surface area contributed by atoms with Crippen molar-refractivity contribution in [3.05, 3.63) is 56.8 Å². The highest BCUT2D eigenvalue weighted by Gasteiger charge is 2.30. The fourth-order valence-electron chi connectivity index (χ4n) is 3.77. The number of alkyl halides is 4. The van der Waals surface area contributed by atoms with Gasteiger partial charge >= 0.3 is 6.18 Å². The highest BCUT2D eigenvalue weighted by molar-refractivity contribution is 8.00. The number of halogens is 4. The van der Waals surface area contributed by atoms with Gasteiger partial charge in [-0.15, -0.1) is 22.9 Å². The average molecular weight is 433 g/mol. The third kappa shape index (κ3) is 5.45. The van der Waals surface area contributed by atoms with Gasteiger partial charge in [-0.2, -0.15) is 24.9 Å². The summed E-state index contributed by atoms with van der Waals surface area (Å²) in [6.07, 6.45) is -0.321. The first kappa shape index (κ1) is 21.1. The molecule has 3 rings (SSSR count). The zero-order valence-corrected chi connectivity index (χ0v) is 17.9. The van der Waals surface area contributed by atoms with Crippen LogP contribution in [0.15, 0.2) is 30.3 Å². The zero-order chi connectivity index (χ0) is 19.6. The van der Waals surface area contributed by atoms with Crippen LogP contribution in [0.4, 0.5) is 13.2 Å². The van der Waals surface area contributed by atoms with Crippen molar-refractivity contribution in [1.82, 2.24) is 0 Å². The van der Waals surface area contributed by atoms with Crippen molar-refractivity contribution in [2.75, 3.05) is 5.88 Å². The van der Waals surface area contributed by atoms with E-state index in [0.29, 0.717) is 28.7 Å². The summed E-state index contributed by atoms with van der Waals surface area (Å²) in [5, 5.41) is 1.15. The lowest BCUT2D eigenvalue weighted by molar-refractivity contribution is -0.137. The lowest BCUT2D eigenvalue weighted by atomic mass is 9.95. The molecule has 6 heteroatoms. The Balaban J connectivity index is 1.80. The average Bonchev–Trinajstić information content (AvgIpc) is 2.96. The molecule has 1 aliphatic rings. The van der Waals surface area contributed by atoms with Gasteiger partial charge in [0.2, 0.25) is 0 Å². The summed E-state index contributed by atoms with van der Waals surface area (Å²) in [4.78, 5) is 2.54. The smallest absolute Gasteiger partial charge is 0.166 e. The molecule has 0 amide bonds. The summed E-state index contributed by atoms with van der Waals surface area (Å²) >= 11 is 9.84. The normalized spacial score (nSPS) is 23.6. The van der Waals surface area contributed by atoms with Gasteiger partial charge in [0.15, 0.2) is 0 Å². The van der Waals surface area contributed by atoms with Crippen LogP contribution in [-0.4, -0.2) is 11.1 Å². The SMILES string of the molecule is CC1CC(C)SC(c2cc(Cc3ccc(C(F)(F)F)cc3)sc2CCCl)C1. The molecule has 1 aromatic carbocycles. The number of hydrogen-bond donors (Lipinski definition) is 0. The van der Waals surface area contributed by atoms with Crippen molar-refractivity contribution in [2.45, 2.75) is 56.2 Å². The van der Waals surface area contributed by atoms with E-state index in [2.05, 4.69) is 19.9 Å². The van der Waals surface area contributed by atoms with E-state index in [0.717, 1.165) is 12.0 Å². The molecule has 0 saturated carbocycles. The molecule has 148 valence electrons. The molecule has 2 heterocycles. The van der Waals surface area contributed by atoms with Crippen LogP contribution in [0, 0.1) is 5.92 Å². The third-order valence-corrected chi connectivity index (χ3v) is 7.80. The largest absolute Gasteiger partial charge is 0.416 e. The van der Waals surface area contributed by atoms with Crippen molar-refractivity contribution < 1.29 is 13.2 Å². The Labute approximate surface area is 172 Å². The molecule has 27 heavy (non-hydrogen) atoms. The van der Waals surface area contributed by atoms with E-state index in [1.807, 2.05) is 11.8 Å². The van der Waals surface area contributed by atoms with Crippen LogP contribution in [0.5, 0.6) is 0 Å². The molecule has 0 aliphatic carbocycles. The number of hydrogen-bond acceptors (Lipinski definition) is 2. The molecule has 3 atom stereocenters. The van der Waals surface area contributed by atoms with Crippen LogP contribution in [0.25, 0.3) is 0 Å². The Morgan fingerprint density at radius 3 is 2.41 bits per heavy atom. The van der Waals surface area contributed by atoms with Crippen LogP contribution < -0.4 is 0 Å². The zero-order valence-electron chi connectivity index (χ0n) is 15.5. The minimum absolute atomic E-state index is 0.500. The van der Waals surface area contributed by atoms with Crippen LogP contribution in [0.1, 0.15) is 58.4 Å². The summed E-state index contributed by atoms with van der Waals surface area (Å²) < 4.78 is 38.2. The molecule has 0 bridgehead atoms. The van der Waals surface area contributed by atoms with Crippen LogP contribution in [-0.2, 0) is 19.0 Å². The molecule has 0 N–H and O–H groups in total. The Morgan fingerprint density at radius 2 is 1.81 bits per heavy atom. The molecule has 3 unspecified atom stereocenters. The fraction of sp³-hybridized carbons (Fsp3) is 0.524. The predicted molar refractivity (Wildman–Crippen MR) is 111 cm³/mol. The second kappa shape index (κ2) is 8.79. The number of benzene rings is 1. The molecular formula is C21H24ClF3S2. The minimum Gasteiger partial charge on any atom is -0.166 e. The van der Waals surface area contributed by atoms with E-state index in [4.69, 9.17) is 11.6 Å². The topological polar surface area (TPSA) is 0 Å². The van der Waals surface area contributed by atoms with Crippen molar-refractivity contribution in [1.29, 1.82) is 0 Å². The standard InChI is InChI=1S/C21H24ClF3S2/c1-13-9-14(2)26-20(10-13)18-12-17(27-19(18)7-8-22)11-15-3-5-16(6-4-15)21(23,24)25/h3-6,12-14,20H,7-11H2,1-2H3. The van der Waals surface area contributed by atoms with Gasteiger partial charge in [-0.3, -0.25) is 0 Å². The molecule has 1 aromatic heterocycles. The maximum atomic E-state index is 12.7. The molecule has 1 fully saturated rings. The van der Waals surface area contributed by atoms with Gasteiger partial charge < -0.3 is 0 Å². The van der Waals surface area contributed by atoms with Crippen molar-refractivity contribution in [2.24, 2.45) is 5.92 Å². The number of thioether (sulfide) groups is 1. The summed E-state index contributed by atoms with van der Waals surface area (Å²) in [6.45, 7) is 4.62. The van der Waals surface area contributed by atoms with Gasteiger partial charge in [0.25, 0.3) is 0 Å². The number of aryl methyl sites for hydroxylation is 1. The van der Waals surface area contributed by atoms with Crippen molar-refractivity contribution >= 4 is 34.7 Å². The molecular weight excluding hydrogens is 409 g/mol. The minimum atomic E-state index is -4.28. The quantitative estimate of drug-likeness (QED) is 0.435. The van der Waals surface area contributed by atoms with Crippen molar-refractivity contribution in [3.63, 3.8) is 0 Å². The summed E-state index contributed by atoms with van der Waals surface area (Å²) in [5.74, 6) is 1.31. The van der Waals surface area contributed by atoms with Crippen LogP contribution in [0.2, 0.25) is 0 Å². The van der Waals surface area contributed by atoms with E-state index < -0.39 is 11.7 Å². The number of rotatable bonds is 5. The van der Waals surface area contributed by atoms with Gasteiger partial charge in [-0.1, -0.05) is 26.0 Å². The van der Waals surface area contributed by atoms with E-state index in [1.165, 1.54) is 40.3 Å². The fourth-order valence-corrected chi connectivity index (χ4v) is 7.21. The van der Waals surface area contributed by atoms with E-state index in [1.54, 1.807) is 23.5 Å². The Kier molecular flexibility index (Phi) is 6.86. The third-order valence-electron chi connectivity index (χ3n) is 4.97. The van der Waals surface area contributed by atoms with Gasteiger partial charge in [0.05, 0.1) is 5.56 Å². The maximum absolute atomic E-state index is 12.7. The first-order valence-electron chi connectivity index (χ1n) is 9.25. The van der Waals surface area contributed by atoms with Gasteiger partial charge in [0, 0.05) is 32.6 Å².